The highest BCUT2D eigenvalue weighted by atomic mass is 32.2. The summed E-state index contributed by atoms with van der Waals surface area (Å²) in [6, 6.07) is 17.9. The Morgan fingerprint density at radius 2 is 1.86 bits per heavy atom. The van der Waals surface area contributed by atoms with Gasteiger partial charge in [-0.2, -0.15) is 0 Å². The first-order chi connectivity index (χ1) is 13.3. The van der Waals surface area contributed by atoms with E-state index in [-0.39, 0.29) is 16.7 Å². The molecule has 1 heterocycles. The highest BCUT2D eigenvalue weighted by Gasteiger charge is 2.31. The molecule has 1 aliphatic rings. The number of amides is 1. The first-order valence-electron chi connectivity index (χ1n) is 10.1. The quantitative estimate of drug-likeness (QED) is 0.556. The molecule has 0 aromatic heterocycles. The largest absolute Gasteiger partial charge is 0.457 e. The first-order valence-corrected chi connectivity index (χ1v) is 11.1. The molecule has 1 saturated heterocycles. The van der Waals surface area contributed by atoms with Gasteiger partial charge in [0.2, 0.25) is 5.91 Å². The zero-order valence-electron chi connectivity index (χ0n) is 17.4. The van der Waals surface area contributed by atoms with Gasteiger partial charge in [0.25, 0.3) is 0 Å². The summed E-state index contributed by atoms with van der Waals surface area (Å²) in [4.78, 5) is 15.0. The van der Waals surface area contributed by atoms with Crippen LogP contribution in [0.15, 0.2) is 54.6 Å². The lowest BCUT2D eigenvalue weighted by Gasteiger charge is -2.28. The van der Waals surface area contributed by atoms with E-state index in [1.54, 1.807) is 0 Å². The van der Waals surface area contributed by atoms with Crippen molar-refractivity contribution in [2.75, 3.05) is 12.3 Å². The van der Waals surface area contributed by atoms with Crippen LogP contribution in [-0.4, -0.2) is 23.1 Å². The van der Waals surface area contributed by atoms with E-state index in [1.165, 1.54) is 0 Å². The van der Waals surface area contributed by atoms with Crippen LogP contribution in [0.2, 0.25) is 0 Å². The lowest BCUT2D eigenvalue weighted by atomic mass is 9.84. The second kappa shape index (κ2) is 9.04. The Labute approximate surface area is 173 Å². The summed E-state index contributed by atoms with van der Waals surface area (Å²) >= 11 is 1.84. The van der Waals surface area contributed by atoms with E-state index in [9.17, 15) is 4.79 Å². The molecule has 0 saturated carbocycles. The van der Waals surface area contributed by atoms with Crippen LogP contribution in [0.25, 0.3) is 0 Å². The fraction of sp³-hybridized carbons (Fsp3) is 0.458. The van der Waals surface area contributed by atoms with Crippen molar-refractivity contribution < 1.29 is 9.53 Å². The van der Waals surface area contributed by atoms with Crippen molar-refractivity contribution in [1.82, 2.24) is 4.90 Å². The number of hydrogen-bond donors (Lipinski definition) is 0. The van der Waals surface area contributed by atoms with Crippen molar-refractivity contribution in [1.29, 1.82) is 0 Å². The molecule has 150 valence electrons. The van der Waals surface area contributed by atoms with Gasteiger partial charge in [-0.05, 0) is 47.6 Å². The maximum Gasteiger partial charge on any atom is 0.224 e. The molecule has 1 aliphatic heterocycles. The fourth-order valence-corrected chi connectivity index (χ4v) is 5.16. The van der Waals surface area contributed by atoms with Gasteiger partial charge in [-0.3, -0.25) is 4.79 Å². The summed E-state index contributed by atoms with van der Waals surface area (Å²) in [5, 5.41) is 0.0775. The molecule has 3 rings (SSSR count). The first kappa shape index (κ1) is 20.8. The molecule has 28 heavy (non-hydrogen) atoms. The van der Waals surface area contributed by atoms with Crippen LogP contribution in [0.5, 0.6) is 11.5 Å². The van der Waals surface area contributed by atoms with E-state index in [0.29, 0.717) is 12.3 Å². The van der Waals surface area contributed by atoms with E-state index in [0.717, 1.165) is 35.8 Å². The molecule has 0 N–H and O–H groups in total. The number of thioether (sulfide) groups is 1. The summed E-state index contributed by atoms with van der Waals surface area (Å²) in [5.74, 6) is 3.27. The van der Waals surface area contributed by atoms with Gasteiger partial charge in [-0.25, -0.2) is 0 Å². The van der Waals surface area contributed by atoms with Crippen LogP contribution in [-0.2, 0) is 4.79 Å². The van der Waals surface area contributed by atoms with Crippen LogP contribution in [0.4, 0.5) is 0 Å². The lowest BCUT2D eigenvalue weighted by molar-refractivity contribution is -0.132. The van der Waals surface area contributed by atoms with Gasteiger partial charge in [-0.15, -0.1) is 11.8 Å². The zero-order valence-corrected chi connectivity index (χ0v) is 18.2. The smallest absolute Gasteiger partial charge is 0.224 e. The average molecular weight is 398 g/mol. The minimum Gasteiger partial charge on any atom is -0.457 e. The number of hydrogen-bond acceptors (Lipinski definition) is 3. The molecule has 0 bridgehead atoms. The molecule has 0 spiro atoms. The third-order valence-corrected chi connectivity index (χ3v) is 6.08. The van der Waals surface area contributed by atoms with Crippen molar-refractivity contribution in [3.05, 3.63) is 60.2 Å². The van der Waals surface area contributed by atoms with Gasteiger partial charge in [0, 0.05) is 18.7 Å². The summed E-state index contributed by atoms with van der Waals surface area (Å²) in [6.07, 6.45) is 1.68. The SMILES string of the molecule is C[C@H](CC(=O)N1CCS[C@@H]1c1cccc(Oc2ccccc2)c1)CC(C)(C)C. The summed E-state index contributed by atoms with van der Waals surface area (Å²) in [5.41, 5.74) is 1.38. The van der Waals surface area contributed by atoms with Crippen molar-refractivity contribution in [2.24, 2.45) is 11.3 Å². The molecule has 4 heteroatoms. The van der Waals surface area contributed by atoms with Gasteiger partial charge in [0.05, 0.1) is 0 Å². The Morgan fingerprint density at radius 3 is 2.57 bits per heavy atom. The molecule has 2 aromatic carbocycles. The average Bonchev–Trinajstić information content (AvgIpc) is 3.11. The third kappa shape index (κ3) is 5.78. The van der Waals surface area contributed by atoms with Crippen LogP contribution in [0.1, 0.15) is 51.5 Å². The number of benzene rings is 2. The lowest BCUT2D eigenvalue weighted by Crippen LogP contribution is -2.32. The van der Waals surface area contributed by atoms with Gasteiger partial charge in [0.1, 0.15) is 16.9 Å². The zero-order chi connectivity index (χ0) is 20.1. The summed E-state index contributed by atoms with van der Waals surface area (Å²) < 4.78 is 5.98. The second-order valence-corrected chi connectivity index (χ2v) is 10.1. The molecule has 1 fully saturated rings. The van der Waals surface area contributed by atoms with Crippen LogP contribution in [0, 0.1) is 11.3 Å². The molecule has 2 atom stereocenters. The Bertz CT molecular complexity index is 785. The highest BCUT2D eigenvalue weighted by molar-refractivity contribution is 7.99. The maximum absolute atomic E-state index is 13.0. The molecule has 0 aliphatic carbocycles. The minimum atomic E-state index is 0.0775. The minimum absolute atomic E-state index is 0.0775. The Morgan fingerprint density at radius 1 is 1.14 bits per heavy atom. The molecule has 3 nitrogen and oxygen atoms in total. The topological polar surface area (TPSA) is 29.5 Å². The van der Waals surface area contributed by atoms with Gasteiger partial charge in [-0.1, -0.05) is 58.0 Å². The Kier molecular flexibility index (Phi) is 6.71. The Hall–Kier alpha value is -1.94. The third-order valence-electron chi connectivity index (χ3n) is 4.82. The second-order valence-electron chi connectivity index (χ2n) is 8.87. The predicted molar refractivity (Wildman–Crippen MR) is 118 cm³/mol. The Balaban J connectivity index is 1.68. The van der Waals surface area contributed by atoms with Crippen molar-refractivity contribution in [3.63, 3.8) is 0 Å². The number of ether oxygens (including phenoxy) is 1. The van der Waals surface area contributed by atoms with E-state index in [2.05, 4.69) is 39.8 Å². The van der Waals surface area contributed by atoms with Gasteiger partial charge in [0.15, 0.2) is 0 Å². The summed E-state index contributed by atoms with van der Waals surface area (Å²) in [6.45, 7) is 9.72. The highest BCUT2D eigenvalue weighted by Crippen LogP contribution is 2.40. The predicted octanol–water partition coefficient (Wildman–Crippen LogP) is 6.52. The van der Waals surface area contributed by atoms with E-state index < -0.39 is 0 Å². The molecule has 1 amide bonds. The molecular formula is C24H31NO2S. The number of rotatable bonds is 6. The van der Waals surface area contributed by atoms with Crippen molar-refractivity contribution in [2.45, 2.75) is 45.9 Å². The van der Waals surface area contributed by atoms with E-state index >= 15 is 0 Å². The van der Waals surface area contributed by atoms with Crippen LogP contribution in [0.3, 0.4) is 0 Å². The standard InChI is InChI=1S/C24H31NO2S/c1-18(17-24(2,3)4)15-22(26)25-13-14-28-23(25)19-9-8-12-21(16-19)27-20-10-6-5-7-11-20/h5-12,16,18,23H,13-15,17H2,1-4H3/t18-,23-/m1/s1. The van der Waals surface area contributed by atoms with Crippen molar-refractivity contribution in [3.8, 4) is 11.5 Å². The molecule has 0 unspecified atom stereocenters. The van der Waals surface area contributed by atoms with Crippen LogP contribution >= 0.6 is 11.8 Å². The van der Waals surface area contributed by atoms with E-state index in [4.69, 9.17) is 4.74 Å². The normalized spacial score (nSPS) is 18.1. The van der Waals surface area contributed by atoms with Crippen molar-refractivity contribution >= 4 is 17.7 Å². The number of carbonyl (C=O) groups is 1. The summed E-state index contributed by atoms with van der Waals surface area (Å²) in [7, 11) is 0. The molecule has 2 aromatic rings. The van der Waals surface area contributed by atoms with E-state index in [1.807, 2.05) is 59.1 Å². The van der Waals surface area contributed by atoms with Crippen LogP contribution < -0.4 is 4.74 Å². The fourth-order valence-electron chi connectivity index (χ4n) is 3.89. The molecular weight excluding hydrogens is 366 g/mol. The van der Waals surface area contributed by atoms with Gasteiger partial charge >= 0.3 is 0 Å². The molecule has 0 radical (unpaired) electrons. The number of carbonyl (C=O) groups excluding carboxylic acids is 1. The maximum atomic E-state index is 13.0. The number of para-hydroxylation sites is 1. The van der Waals surface area contributed by atoms with Gasteiger partial charge < -0.3 is 9.64 Å². The monoisotopic (exact) mass is 397 g/mol. The number of nitrogens with zero attached hydrogens (tertiary/aromatic N) is 1.